The molecule has 128 valence electrons. The number of benzene rings is 2. The summed E-state index contributed by atoms with van der Waals surface area (Å²) in [4.78, 5) is 13.5. The van der Waals surface area contributed by atoms with Crippen LogP contribution in [0.3, 0.4) is 0 Å². The first kappa shape index (κ1) is 16.0. The van der Waals surface area contributed by atoms with Gasteiger partial charge in [0.25, 0.3) is 0 Å². The number of hydrogen-bond donors (Lipinski definition) is 2. The smallest absolute Gasteiger partial charge is 0.229 e. The highest BCUT2D eigenvalue weighted by Gasteiger charge is 2.06. The molecule has 2 aromatic carbocycles. The zero-order valence-electron chi connectivity index (χ0n) is 14.7. The maximum absolute atomic E-state index is 4.59. The van der Waals surface area contributed by atoms with Crippen molar-refractivity contribution < 1.29 is 0 Å². The molecule has 0 unspecified atom stereocenters. The first-order chi connectivity index (χ1) is 12.7. The molecule has 2 aromatic heterocycles. The summed E-state index contributed by atoms with van der Waals surface area (Å²) in [5, 5.41) is 7.71. The van der Waals surface area contributed by atoms with Crippen LogP contribution in [0.25, 0.3) is 10.9 Å². The van der Waals surface area contributed by atoms with Gasteiger partial charge in [-0.1, -0.05) is 35.9 Å². The molecule has 0 radical (unpaired) electrons. The predicted octanol–water partition coefficient (Wildman–Crippen LogP) is 5.13. The Balaban J connectivity index is 1.64. The van der Waals surface area contributed by atoms with E-state index in [2.05, 4.69) is 44.6 Å². The number of pyridine rings is 1. The van der Waals surface area contributed by atoms with Crippen molar-refractivity contribution in [3.8, 4) is 0 Å². The van der Waals surface area contributed by atoms with Gasteiger partial charge in [-0.15, -0.1) is 0 Å². The zero-order chi connectivity index (χ0) is 17.9. The van der Waals surface area contributed by atoms with E-state index >= 15 is 0 Å². The third kappa shape index (κ3) is 3.47. The van der Waals surface area contributed by atoms with Gasteiger partial charge in [-0.3, -0.25) is 4.98 Å². The first-order valence-electron chi connectivity index (χ1n) is 8.47. The van der Waals surface area contributed by atoms with E-state index in [1.54, 1.807) is 6.20 Å². The Hall–Kier alpha value is -3.47. The maximum Gasteiger partial charge on any atom is 0.229 e. The van der Waals surface area contributed by atoms with Crippen molar-refractivity contribution >= 4 is 34.0 Å². The van der Waals surface area contributed by atoms with Gasteiger partial charge in [-0.2, -0.15) is 4.98 Å². The van der Waals surface area contributed by atoms with Crippen LogP contribution >= 0.6 is 0 Å². The van der Waals surface area contributed by atoms with E-state index in [9.17, 15) is 0 Å². The van der Waals surface area contributed by atoms with E-state index in [0.29, 0.717) is 5.95 Å². The third-order valence-electron chi connectivity index (χ3n) is 4.06. The van der Waals surface area contributed by atoms with Crippen LogP contribution in [-0.4, -0.2) is 15.0 Å². The quantitative estimate of drug-likeness (QED) is 0.539. The lowest BCUT2D eigenvalue weighted by Crippen LogP contribution is -2.02. The zero-order valence-corrected chi connectivity index (χ0v) is 14.7. The summed E-state index contributed by atoms with van der Waals surface area (Å²) < 4.78 is 0. The van der Waals surface area contributed by atoms with E-state index in [1.807, 2.05) is 55.5 Å². The number of para-hydroxylation sites is 1. The normalized spacial score (nSPS) is 10.7. The number of aryl methyl sites for hydroxylation is 2. The molecule has 2 heterocycles. The van der Waals surface area contributed by atoms with Gasteiger partial charge in [-0.05, 0) is 38.1 Å². The van der Waals surface area contributed by atoms with Crippen LogP contribution in [0.2, 0.25) is 0 Å². The standard InChI is InChI=1S/C21H19N5/c1-14-8-10-17(11-9-14)24-21-23-15(2)13-19(26-21)25-18-7-3-5-16-6-4-12-22-20(16)18/h3-13H,1-2H3,(H2,23,24,25,26). The Bertz CT molecular complexity index is 1050. The molecule has 2 N–H and O–H groups in total. The molecular weight excluding hydrogens is 322 g/mol. The van der Waals surface area contributed by atoms with Crippen LogP contribution in [0.1, 0.15) is 11.3 Å². The topological polar surface area (TPSA) is 62.7 Å². The van der Waals surface area contributed by atoms with Crippen LogP contribution in [0.5, 0.6) is 0 Å². The molecule has 0 aliphatic heterocycles. The second-order valence-corrected chi connectivity index (χ2v) is 6.21. The van der Waals surface area contributed by atoms with Gasteiger partial charge in [0.1, 0.15) is 5.82 Å². The van der Waals surface area contributed by atoms with Crippen molar-refractivity contribution in [3.05, 3.63) is 78.1 Å². The molecule has 26 heavy (non-hydrogen) atoms. The van der Waals surface area contributed by atoms with E-state index < -0.39 is 0 Å². The van der Waals surface area contributed by atoms with Crippen molar-refractivity contribution in [1.82, 2.24) is 15.0 Å². The third-order valence-corrected chi connectivity index (χ3v) is 4.06. The van der Waals surface area contributed by atoms with Gasteiger partial charge in [0.05, 0.1) is 11.2 Å². The summed E-state index contributed by atoms with van der Waals surface area (Å²) in [5.74, 6) is 1.29. The molecule has 0 saturated heterocycles. The van der Waals surface area contributed by atoms with Gasteiger partial charge in [-0.25, -0.2) is 4.98 Å². The molecule has 4 aromatic rings. The lowest BCUT2D eigenvalue weighted by atomic mass is 10.2. The first-order valence-corrected chi connectivity index (χ1v) is 8.47. The molecule has 4 rings (SSSR count). The summed E-state index contributed by atoms with van der Waals surface area (Å²) in [7, 11) is 0. The van der Waals surface area contributed by atoms with Crippen LogP contribution < -0.4 is 10.6 Å². The van der Waals surface area contributed by atoms with Gasteiger partial charge < -0.3 is 10.6 Å². The Kier molecular flexibility index (Phi) is 4.19. The molecule has 0 fully saturated rings. The van der Waals surface area contributed by atoms with Crippen molar-refractivity contribution in [2.45, 2.75) is 13.8 Å². The molecule has 0 bridgehead atoms. The molecule has 0 spiro atoms. The fraction of sp³-hybridized carbons (Fsp3) is 0.0952. The molecule has 0 aliphatic rings. The van der Waals surface area contributed by atoms with Gasteiger partial charge in [0.2, 0.25) is 5.95 Å². The Labute approximate surface area is 152 Å². The number of anilines is 4. The van der Waals surface area contributed by atoms with Gasteiger partial charge in [0.15, 0.2) is 0 Å². The monoisotopic (exact) mass is 341 g/mol. The fourth-order valence-electron chi connectivity index (χ4n) is 2.80. The largest absolute Gasteiger partial charge is 0.338 e. The second kappa shape index (κ2) is 6.80. The van der Waals surface area contributed by atoms with Crippen LogP contribution in [0, 0.1) is 13.8 Å². The maximum atomic E-state index is 4.59. The molecule has 5 nitrogen and oxygen atoms in total. The van der Waals surface area contributed by atoms with E-state index in [4.69, 9.17) is 0 Å². The number of rotatable bonds is 4. The summed E-state index contributed by atoms with van der Waals surface area (Å²) >= 11 is 0. The molecule has 0 atom stereocenters. The Morgan fingerprint density at radius 3 is 2.46 bits per heavy atom. The minimum atomic E-state index is 0.560. The number of nitrogens with zero attached hydrogens (tertiary/aromatic N) is 3. The van der Waals surface area contributed by atoms with Crippen LogP contribution in [0.15, 0.2) is 66.9 Å². The van der Waals surface area contributed by atoms with Crippen molar-refractivity contribution in [3.63, 3.8) is 0 Å². The summed E-state index contributed by atoms with van der Waals surface area (Å²) in [5.41, 5.74) is 4.89. The van der Waals surface area contributed by atoms with E-state index in [-0.39, 0.29) is 0 Å². The number of aromatic nitrogens is 3. The molecule has 0 saturated carbocycles. The molecule has 0 amide bonds. The fourth-order valence-corrected chi connectivity index (χ4v) is 2.80. The van der Waals surface area contributed by atoms with Crippen molar-refractivity contribution in [2.75, 3.05) is 10.6 Å². The highest BCUT2D eigenvalue weighted by atomic mass is 15.1. The molecule has 5 heteroatoms. The number of fused-ring (bicyclic) bond motifs is 1. The van der Waals surface area contributed by atoms with Crippen molar-refractivity contribution in [2.24, 2.45) is 0 Å². The second-order valence-electron chi connectivity index (χ2n) is 6.21. The summed E-state index contributed by atoms with van der Waals surface area (Å²) in [6, 6.07) is 20.1. The van der Waals surface area contributed by atoms with Gasteiger partial charge >= 0.3 is 0 Å². The average Bonchev–Trinajstić information content (AvgIpc) is 2.64. The predicted molar refractivity (Wildman–Crippen MR) is 106 cm³/mol. The minimum absolute atomic E-state index is 0.560. The lowest BCUT2D eigenvalue weighted by Gasteiger charge is -2.11. The highest BCUT2D eigenvalue weighted by molar-refractivity contribution is 5.91. The molecule has 0 aliphatic carbocycles. The molecular formula is C21H19N5. The highest BCUT2D eigenvalue weighted by Crippen LogP contribution is 2.25. The van der Waals surface area contributed by atoms with E-state index in [1.165, 1.54) is 5.56 Å². The van der Waals surface area contributed by atoms with Gasteiger partial charge in [0, 0.05) is 29.0 Å². The van der Waals surface area contributed by atoms with Crippen LogP contribution in [0.4, 0.5) is 23.1 Å². The van der Waals surface area contributed by atoms with E-state index in [0.717, 1.165) is 33.8 Å². The number of nitrogens with one attached hydrogen (secondary N) is 2. The average molecular weight is 341 g/mol. The SMILES string of the molecule is Cc1ccc(Nc2nc(C)cc(Nc3cccc4cccnc34)n2)cc1. The summed E-state index contributed by atoms with van der Waals surface area (Å²) in [6.45, 7) is 4.02. The Morgan fingerprint density at radius 1 is 0.808 bits per heavy atom. The van der Waals surface area contributed by atoms with Crippen LogP contribution in [-0.2, 0) is 0 Å². The minimum Gasteiger partial charge on any atom is -0.338 e. The van der Waals surface area contributed by atoms with Crippen molar-refractivity contribution in [1.29, 1.82) is 0 Å². The Morgan fingerprint density at radius 2 is 1.62 bits per heavy atom. The number of hydrogen-bond acceptors (Lipinski definition) is 5. The summed E-state index contributed by atoms with van der Waals surface area (Å²) in [6.07, 6.45) is 1.79. The lowest BCUT2D eigenvalue weighted by molar-refractivity contribution is 1.11.